The van der Waals surface area contributed by atoms with Crippen molar-refractivity contribution in [2.45, 2.75) is 51.0 Å². The van der Waals surface area contributed by atoms with E-state index >= 15 is 0 Å². The second-order valence-corrected chi connectivity index (χ2v) is 8.71. The summed E-state index contributed by atoms with van der Waals surface area (Å²) in [6.07, 6.45) is 6.82. The molecule has 2 saturated heterocycles. The van der Waals surface area contributed by atoms with Crippen LogP contribution >= 0.6 is 0 Å². The molecule has 2 atom stereocenters. The molecule has 1 saturated carbocycles. The highest BCUT2D eigenvalue weighted by molar-refractivity contribution is 5.79. The van der Waals surface area contributed by atoms with Crippen molar-refractivity contribution in [3.05, 3.63) is 42.2 Å². The number of carbonyl (C=O) groups is 1. The minimum atomic E-state index is -0.245. The van der Waals surface area contributed by atoms with Crippen molar-refractivity contribution in [1.29, 1.82) is 0 Å². The van der Waals surface area contributed by atoms with Gasteiger partial charge in [-0.25, -0.2) is 4.39 Å². The van der Waals surface area contributed by atoms with Gasteiger partial charge in [-0.3, -0.25) is 9.69 Å². The van der Waals surface area contributed by atoms with Crippen molar-refractivity contribution in [3.63, 3.8) is 0 Å². The van der Waals surface area contributed by atoms with Gasteiger partial charge in [0.15, 0.2) is 0 Å². The van der Waals surface area contributed by atoms with Gasteiger partial charge in [0.25, 0.3) is 0 Å². The van der Waals surface area contributed by atoms with Gasteiger partial charge in [0.05, 0.1) is 5.41 Å². The summed E-state index contributed by atoms with van der Waals surface area (Å²) in [7, 11) is 0. The van der Waals surface area contributed by atoms with Gasteiger partial charge in [-0.1, -0.05) is 12.2 Å². The van der Waals surface area contributed by atoms with Gasteiger partial charge in [-0.15, -0.1) is 0 Å². The Labute approximate surface area is 167 Å². The minimum absolute atomic E-state index is 0.0355. The number of anilines is 1. The molecule has 152 valence electrons. The number of allylic oxidation sites excluding steroid dienone is 1. The van der Waals surface area contributed by atoms with Crippen molar-refractivity contribution >= 4 is 11.7 Å². The van der Waals surface area contributed by atoms with Crippen molar-refractivity contribution in [1.82, 2.24) is 4.90 Å². The molecule has 0 bridgehead atoms. The second-order valence-electron chi connectivity index (χ2n) is 8.71. The molecule has 4 nitrogen and oxygen atoms in total. The smallest absolute Gasteiger partial charge is 0.312 e. The molecule has 1 spiro atoms. The molecular weight excluding hydrogens is 355 g/mol. The zero-order valence-electron chi connectivity index (χ0n) is 16.7. The Morgan fingerprint density at radius 3 is 2.61 bits per heavy atom. The van der Waals surface area contributed by atoms with Crippen LogP contribution in [0, 0.1) is 11.2 Å². The van der Waals surface area contributed by atoms with Crippen LogP contribution in [0.2, 0.25) is 0 Å². The van der Waals surface area contributed by atoms with Crippen LogP contribution in [0.25, 0.3) is 0 Å². The number of halogens is 1. The monoisotopic (exact) mass is 386 g/mol. The van der Waals surface area contributed by atoms with Crippen LogP contribution in [0.1, 0.15) is 44.9 Å². The van der Waals surface area contributed by atoms with E-state index in [1.807, 2.05) is 12.1 Å². The van der Waals surface area contributed by atoms with Crippen molar-refractivity contribution in [3.8, 4) is 0 Å². The Morgan fingerprint density at radius 2 is 1.86 bits per heavy atom. The normalized spacial score (nSPS) is 29.2. The molecule has 0 radical (unpaired) electrons. The topological polar surface area (TPSA) is 32.8 Å². The van der Waals surface area contributed by atoms with Crippen molar-refractivity contribution < 1.29 is 13.9 Å². The van der Waals surface area contributed by atoms with Gasteiger partial charge in [0.1, 0.15) is 11.9 Å². The largest absolute Gasteiger partial charge is 0.462 e. The highest BCUT2D eigenvalue weighted by Gasteiger charge is 2.48. The fourth-order valence-corrected chi connectivity index (χ4v) is 4.96. The summed E-state index contributed by atoms with van der Waals surface area (Å²) in [6, 6.07) is 6.75. The Hall–Kier alpha value is -1.88. The van der Waals surface area contributed by atoms with Gasteiger partial charge < -0.3 is 9.64 Å². The predicted molar refractivity (Wildman–Crippen MR) is 109 cm³/mol. The van der Waals surface area contributed by atoms with E-state index in [4.69, 9.17) is 4.74 Å². The van der Waals surface area contributed by atoms with Crippen LogP contribution < -0.4 is 4.90 Å². The summed E-state index contributed by atoms with van der Waals surface area (Å²) in [4.78, 5) is 17.4. The van der Waals surface area contributed by atoms with Crippen LogP contribution in [0.15, 0.2) is 36.4 Å². The van der Waals surface area contributed by atoms with E-state index in [0.29, 0.717) is 0 Å². The fraction of sp³-hybridized carbons (Fsp3) is 0.609. The second kappa shape index (κ2) is 8.24. The Bertz CT molecular complexity index is 712. The Kier molecular flexibility index (Phi) is 5.72. The molecule has 2 aliphatic heterocycles. The number of cyclic esters (lactones) is 1. The van der Waals surface area contributed by atoms with E-state index in [-0.39, 0.29) is 23.3 Å². The molecular formula is C23H31FN2O2. The number of carbonyl (C=O) groups excluding carboxylic acids is 1. The number of hydrogen-bond acceptors (Lipinski definition) is 4. The van der Waals surface area contributed by atoms with E-state index in [1.54, 1.807) is 0 Å². The van der Waals surface area contributed by atoms with Gasteiger partial charge in [0.2, 0.25) is 0 Å². The summed E-state index contributed by atoms with van der Waals surface area (Å²) in [5.41, 5.74) is 2.13. The van der Waals surface area contributed by atoms with E-state index in [2.05, 4.69) is 16.4 Å². The zero-order valence-corrected chi connectivity index (χ0v) is 16.7. The summed E-state index contributed by atoms with van der Waals surface area (Å²) in [6.45, 7) is 8.96. The maximum Gasteiger partial charge on any atom is 0.312 e. The number of piperazine rings is 1. The molecule has 0 amide bonds. The summed E-state index contributed by atoms with van der Waals surface area (Å²) < 4.78 is 18.9. The van der Waals surface area contributed by atoms with E-state index in [1.165, 1.54) is 17.7 Å². The minimum Gasteiger partial charge on any atom is -0.462 e. The Balaban J connectivity index is 1.24. The number of hydrogen-bond donors (Lipinski definition) is 0. The van der Waals surface area contributed by atoms with Crippen LogP contribution in [0.4, 0.5) is 10.1 Å². The maximum atomic E-state index is 13.1. The zero-order chi connectivity index (χ0) is 19.6. The Morgan fingerprint density at radius 1 is 1.11 bits per heavy atom. The lowest BCUT2D eigenvalue weighted by atomic mass is 9.77. The first kappa shape index (κ1) is 19.4. The lowest BCUT2D eigenvalue weighted by molar-refractivity contribution is -0.149. The molecule has 1 aromatic rings. The molecule has 2 heterocycles. The quantitative estimate of drug-likeness (QED) is 0.575. The van der Waals surface area contributed by atoms with Crippen LogP contribution in [0.3, 0.4) is 0 Å². The van der Waals surface area contributed by atoms with Crippen LogP contribution in [-0.2, 0) is 9.53 Å². The molecule has 1 aliphatic carbocycles. The number of nitrogens with zero attached hydrogens (tertiary/aromatic N) is 2. The summed E-state index contributed by atoms with van der Waals surface area (Å²) in [5, 5.41) is 0. The average Bonchev–Trinajstić information content (AvgIpc) is 2.88. The fourth-order valence-electron chi connectivity index (χ4n) is 4.96. The van der Waals surface area contributed by atoms with Gasteiger partial charge in [0, 0.05) is 44.8 Å². The maximum absolute atomic E-state index is 13.1. The number of esters is 1. The molecule has 1 aromatic carbocycles. The third-order valence-corrected chi connectivity index (χ3v) is 6.80. The third kappa shape index (κ3) is 4.24. The molecule has 28 heavy (non-hydrogen) atoms. The van der Waals surface area contributed by atoms with E-state index in [9.17, 15) is 9.18 Å². The summed E-state index contributed by atoms with van der Waals surface area (Å²) in [5.74, 6) is -0.155. The standard InChI is InChI=1S/C23H31FN2O2/c1-18-3-2-10-23(11-8-18)17-21(28-22(23)27)9-12-25-13-15-26(16-14-25)20-6-4-19(24)5-7-20/h4-7,21H,1-3,8-17H2/t21-,23?/m0/s1. The predicted octanol–water partition coefficient (Wildman–Crippen LogP) is 4.16. The molecule has 0 N–H and O–H groups in total. The number of benzene rings is 1. The highest BCUT2D eigenvalue weighted by atomic mass is 19.1. The number of ether oxygens (including phenoxy) is 1. The van der Waals surface area contributed by atoms with E-state index in [0.717, 1.165) is 83.4 Å². The SMILES string of the molecule is C=C1CCCC2(CC1)C[C@H](CCN1CCN(c3ccc(F)cc3)CC1)OC2=O. The molecule has 3 aliphatic rings. The number of rotatable bonds is 4. The first-order chi connectivity index (χ1) is 13.5. The average molecular weight is 387 g/mol. The summed E-state index contributed by atoms with van der Waals surface area (Å²) >= 11 is 0. The van der Waals surface area contributed by atoms with E-state index < -0.39 is 0 Å². The molecule has 0 aromatic heterocycles. The lowest BCUT2D eigenvalue weighted by Crippen LogP contribution is -2.47. The van der Waals surface area contributed by atoms with Gasteiger partial charge >= 0.3 is 5.97 Å². The van der Waals surface area contributed by atoms with Crippen molar-refractivity contribution in [2.75, 3.05) is 37.6 Å². The molecule has 4 rings (SSSR count). The van der Waals surface area contributed by atoms with Gasteiger partial charge in [-0.2, -0.15) is 0 Å². The molecule has 1 unspecified atom stereocenters. The molecule has 5 heteroatoms. The first-order valence-electron chi connectivity index (χ1n) is 10.6. The van der Waals surface area contributed by atoms with Crippen LogP contribution in [0.5, 0.6) is 0 Å². The van der Waals surface area contributed by atoms with Crippen LogP contribution in [-0.4, -0.2) is 49.7 Å². The lowest BCUT2D eigenvalue weighted by Gasteiger charge is -2.36. The van der Waals surface area contributed by atoms with Gasteiger partial charge in [-0.05, 0) is 62.8 Å². The third-order valence-electron chi connectivity index (χ3n) is 6.80. The highest BCUT2D eigenvalue weighted by Crippen LogP contribution is 2.46. The van der Waals surface area contributed by atoms with Crippen molar-refractivity contribution in [2.24, 2.45) is 5.41 Å². The first-order valence-corrected chi connectivity index (χ1v) is 10.6. The molecule has 3 fully saturated rings.